The van der Waals surface area contributed by atoms with E-state index in [-0.39, 0.29) is 5.91 Å². The minimum absolute atomic E-state index is 0.0809. The number of hydrogen-bond donors (Lipinski definition) is 1. The van der Waals surface area contributed by atoms with Gasteiger partial charge < -0.3 is 10.1 Å². The molecule has 0 atom stereocenters. The van der Waals surface area contributed by atoms with Crippen molar-refractivity contribution >= 4 is 22.9 Å². The zero-order chi connectivity index (χ0) is 17.9. The Balaban J connectivity index is 1.36. The lowest BCUT2D eigenvalue weighted by molar-refractivity contribution is 0.103. The molecule has 1 N–H and O–H groups in total. The van der Waals surface area contributed by atoms with Gasteiger partial charge in [-0.2, -0.15) is 0 Å². The topological polar surface area (TPSA) is 38.3 Å². The molecule has 1 aliphatic rings. The van der Waals surface area contributed by atoms with E-state index in [0.717, 1.165) is 23.4 Å². The predicted molar refractivity (Wildman–Crippen MR) is 106 cm³/mol. The molecule has 2 aromatic carbocycles. The zero-order valence-electron chi connectivity index (χ0n) is 14.7. The van der Waals surface area contributed by atoms with Crippen LogP contribution in [0, 0.1) is 6.92 Å². The summed E-state index contributed by atoms with van der Waals surface area (Å²) >= 11 is 1.44. The molecule has 0 fully saturated rings. The molecule has 26 heavy (non-hydrogen) atoms. The number of nitrogens with one attached hydrogen (secondary N) is 1. The van der Waals surface area contributed by atoms with Crippen LogP contribution in [-0.4, -0.2) is 5.91 Å². The van der Waals surface area contributed by atoms with Crippen LogP contribution < -0.4 is 10.1 Å². The molecule has 0 saturated heterocycles. The van der Waals surface area contributed by atoms with Gasteiger partial charge in [-0.05, 0) is 73.0 Å². The van der Waals surface area contributed by atoms with Gasteiger partial charge in [0.15, 0.2) is 0 Å². The zero-order valence-corrected chi connectivity index (χ0v) is 15.6. The van der Waals surface area contributed by atoms with Crippen molar-refractivity contribution in [1.82, 2.24) is 0 Å². The van der Waals surface area contributed by atoms with E-state index in [4.69, 9.17) is 4.74 Å². The van der Waals surface area contributed by atoms with Gasteiger partial charge in [0.2, 0.25) is 0 Å². The van der Waals surface area contributed by atoms with Crippen molar-refractivity contribution in [2.45, 2.75) is 32.8 Å². The molecule has 0 unspecified atom stereocenters. The molecular formula is C22H21NO2S. The lowest BCUT2D eigenvalue weighted by Crippen LogP contribution is -2.10. The van der Waals surface area contributed by atoms with Crippen molar-refractivity contribution < 1.29 is 9.53 Å². The summed E-state index contributed by atoms with van der Waals surface area (Å²) in [5.74, 6) is 0.824. The fourth-order valence-corrected chi connectivity index (χ4v) is 4.00. The van der Waals surface area contributed by atoms with Gasteiger partial charge in [0, 0.05) is 11.3 Å². The van der Waals surface area contributed by atoms with Gasteiger partial charge in [-0.25, -0.2) is 0 Å². The second kappa shape index (κ2) is 7.34. The SMILES string of the molecule is Cc1ccc(NC(=O)c2cc(COc3ccc4c(c3)CCC4)cs2)cc1. The Morgan fingerprint density at radius 1 is 1.08 bits per heavy atom. The molecule has 0 aliphatic heterocycles. The van der Waals surface area contributed by atoms with Crippen LogP contribution in [0.2, 0.25) is 0 Å². The molecule has 4 heteroatoms. The number of carbonyl (C=O) groups excluding carboxylic acids is 1. The van der Waals surface area contributed by atoms with E-state index in [1.807, 2.05) is 48.7 Å². The first-order valence-corrected chi connectivity index (χ1v) is 9.75. The maximum atomic E-state index is 12.4. The van der Waals surface area contributed by atoms with Crippen LogP contribution in [0.15, 0.2) is 53.9 Å². The van der Waals surface area contributed by atoms with Crippen molar-refractivity contribution in [3.8, 4) is 5.75 Å². The van der Waals surface area contributed by atoms with E-state index in [2.05, 4.69) is 17.4 Å². The Hall–Kier alpha value is -2.59. The summed E-state index contributed by atoms with van der Waals surface area (Å²) in [6.45, 7) is 2.51. The first kappa shape index (κ1) is 16.9. The second-order valence-electron chi connectivity index (χ2n) is 6.71. The van der Waals surface area contributed by atoms with Crippen LogP contribution in [0.4, 0.5) is 5.69 Å². The maximum absolute atomic E-state index is 12.4. The van der Waals surface area contributed by atoms with Crippen molar-refractivity contribution in [3.05, 3.63) is 81.0 Å². The fourth-order valence-electron chi connectivity index (χ4n) is 3.20. The predicted octanol–water partition coefficient (Wildman–Crippen LogP) is 5.38. The van der Waals surface area contributed by atoms with Crippen LogP contribution in [0.5, 0.6) is 5.75 Å². The summed E-state index contributed by atoms with van der Waals surface area (Å²) in [6.07, 6.45) is 3.57. The molecule has 0 radical (unpaired) electrons. The summed E-state index contributed by atoms with van der Waals surface area (Å²) in [6, 6.07) is 16.1. The van der Waals surface area contributed by atoms with E-state index < -0.39 is 0 Å². The molecule has 0 saturated carbocycles. The Morgan fingerprint density at radius 2 is 1.88 bits per heavy atom. The van der Waals surface area contributed by atoms with Crippen LogP contribution in [0.3, 0.4) is 0 Å². The van der Waals surface area contributed by atoms with Crippen molar-refractivity contribution in [1.29, 1.82) is 0 Å². The first-order valence-electron chi connectivity index (χ1n) is 8.87. The molecule has 0 spiro atoms. The third kappa shape index (κ3) is 3.81. The lowest BCUT2D eigenvalue weighted by Gasteiger charge is -2.07. The number of thiophene rings is 1. The number of hydrogen-bond acceptors (Lipinski definition) is 3. The molecule has 1 heterocycles. The Labute approximate surface area is 157 Å². The average Bonchev–Trinajstić information content (AvgIpc) is 3.30. The summed E-state index contributed by atoms with van der Waals surface area (Å²) in [4.78, 5) is 13.1. The molecule has 132 valence electrons. The third-order valence-electron chi connectivity index (χ3n) is 4.66. The van der Waals surface area contributed by atoms with Gasteiger partial charge >= 0.3 is 0 Å². The van der Waals surface area contributed by atoms with Crippen molar-refractivity contribution in [3.63, 3.8) is 0 Å². The van der Waals surface area contributed by atoms with Gasteiger partial charge in [-0.1, -0.05) is 23.8 Å². The van der Waals surface area contributed by atoms with Crippen molar-refractivity contribution in [2.75, 3.05) is 5.32 Å². The highest BCUT2D eigenvalue weighted by Crippen LogP contribution is 2.27. The quantitative estimate of drug-likeness (QED) is 0.661. The highest BCUT2D eigenvalue weighted by Gasteiger charge is 2.12. The Kier molecular flexibility index (Phi) is 4.76. The van der Waals surface area contributed by atoms with Crippen LogP contribution in [0.25, 0.3) is 0 Å². The molecule has 3 aromatic rings. The fraction of sp³-hybridized carbons (Fsp3) is 0.227. The van der Waals surface area contributed by atoms with Gasteiger partial charge in [0.25, 0.3) is 5.91 Å². The lowest BCUT2D eigenvalue weighted by atomic mass is 10.1. The summed E-state index contributed by atoms with van der Waals surface area (Å²) < 4.78 is 5.92. The van der Waals surface area contributed by atoms with Crippen LogP contribution >= 0.6 is 11.3 Å². The Morgan fingerprint density at radius 3 is 2.73 bits per heavy atom. The molecule has 1 aliphatic carbocycles. The van der Waals surface area contributed by atoms with Crippen LogP contribution in [0.1, 0.15) is 38.3 Å². The third-order valence-corrected chi connectivity index (χ3v) is 5.64. The minimum atomic E-state index is -0.0809. The number of ether oxygens (including phenoxy) is 1. The van der Waals surface area contributed by atoms with Gasteiger partial charge in [0.1, 0.15) is 12.4 Å². The number of aryl methyl sites for hydroxylation is 3. The summed E-state index contributed by atoms with van der Waals surface area (Å²) in [7, 11) is 0. The highest BCUT2D eigenvalue weighted by molar-refractivity contribution is 7.12. The first-order chi connectivity index (χ1) is 12.7. The van der Waals surface area contributed by atoms with E-state index in [0.29, 0.717) is 11.5 Å². The van der Waals surface area contributed by atoms with E-state index in [1.54, 1.807) is 0 Å². The van der Waals surface area contributed by atoms with E-state index >= 15 is 0 Å². The maximum Gasteiger partial charge on any atom is 0.265 e. The number of fused-ring (bicyclic) bond motifs is 1. The van der Waals surface area contributed by atoms with E-state index in [9.17, 15) is 4.79 Å². The van der Waals surface area contributed by atoms with Gasteiger partial charge in [-0.3, -0.25) is 4.79 Å². The van der Waals surface area contributed by atoms with E-state index in [1.165, 1.54) is 40.9 Å². The molecule has 3 nitrogen and oxygen atoms in total. The number of anilines is 1. The number of benzene rings is 2. The highest BCUT2D eigenvalue weighted by atomic mass is 32.1. The average molecular weight is 363 g/mol. The van der Waals surface area contributed by atoms with Gasteiger partial charge in [0.05, 0.1) is 4.88 Å². The molecule has 0 bridgehead atoms. The smallest absolute Gasteiger partial charge is 0.265 e. The molecule has 1 aromatic heterocycles. The largest absolute Gasteiger partial charge is 0.489 e. The number of rotatable bonds is 5. The molecular weight excluding hydrogens is 342 g/mol. The van der Waals surface area contributed by atoms with Crippen LogP contribution in [-0.2, 0) is 19.4 Å². The minimum Gasteiger partial charge on any atom is -0.489 e. The summed E-state index contributed by atoms with van der Waals surface area (Å²) in [5.41, 5.74) is 5.86. The monoisotopic (exact) mass is 363 g/mol. The van der Waals surface area contributed by atoms with Gasteiger partial charge in [-0.15, -0.1) is 11.3 Å². The number of carbonyl (C=O) groups is 1. The normalized spacial score (nSPS) is 12.7. The molecule has 1 amide bonds. The standard InChI is InChI=1S/C22H21NO2S/c1-15-5-8-19(9-6-15)23-22(24)21-11-16(14-26-21)13-25-20-10-7-17-3-2-4-18(17)12-20/h5-12,14H,2-4,13H2,1H3,(H,23,24). The summed E-state index contributed by atoms with van der Waals surface area (Å²) in [5, 5.41) is 4.92. The molecule has 4 rings (SSSR count). The van der Waals surface area contributed by atoms with Crippen molar-refractivity contribution in [2.24, 2.45) is 0 Å². The Bertz CT molecular complexity index is 928. The second-order valence-corrected chi connectivity index (χ2v) is 7.62. The number of amides is 1.